The summed E-state index contributed by atoms with van der Waals surface area (Å²) in [6, 6.07) is 10.1. The van der Waals surface area contributed by atoms with E-state index in [-0.39, 0.29) is 11.6 Å². The lowest BCUT2D eigenvalue weighted by atomic mass is 10.0. The fraction of sp³-hybridized carbons (Fsp3) is 0.294. The number of imidazole rings is 1. The van der Waals surface area contributed by atoms with Gasteiger partial charge < -0.3 is 4.57 Å². The standard InChI is InChI=1S/C17H21N5O2S/c1-13-17(15-7-5-4-6-8-15)14(2)22(20-13)10-9-19-25(23,24)16-11-21(3)12-18-16/h4-8,11-12,19H,9-10H2,1-3H3. The third-order valence-electron chi connectivity index (χ3n) is 4.02. The Morgan fingerprint density at radius 3 is 2.52 bits per heavy atom. The zero-order chi connectivity index (χ0) is 18.0. The Bertz CT molecular complexity index is 974. The van der Waals surface area contributed by atoms with Gasteiger partial charge in [0.15, 0.2) is 5.03 Å². The second kappa shape index (κ2) is 6.81. The second-order valence-electron chi connectivity index (χ2n) is 5.91. The van der Waals surface area contributed by atoms with E-state index in [1.807, 2.05) is 48.9 Å². The van der Waals surface area contributed by atoms with Crippen LogP contribution in [-0.2, 0) is 23.6 Å². The molecule has 0 bridgehead atoms. The molecule has 2 heterocycles. The number of rotatable bonds is 6. The van der Waals surface area contributed by atoms with E-state index >= 15 is 0 Å². The summed E-state index contributed by atoms with van der Waals surface area (Å²) in [5, 5.41) is 4.57. The molecular weight excluding hydrogens is 338 g/mol. The SMILES string of the molecule is Cc1nn(CCNS(=O)(=O)c2cn(C)cn2)c(C)c1-c1ccccc1. The molecule has 1 N–H and O–H groups in total. The predicted molar refractivity (Wildman–Crippen MR) is 95.5 cm³/mol. The monoisotopic (exact) mass is 359 g/mol. The van der Waals surface area contributed by atoms with Crippen LogP contribution in [0.5, 0.6) is 0 Å². The first-order valence-electron chi connectivity index (χ1n) is 7.95. The summed E-state index contributed by atoms with van der Waals surface area (Å²) < 4.78 is 30.4. The van der Waals surface area contributed by atoms with Crippen molar-refractivity contribution in [3.63, 3.8) is 0 Å². The molecule has 3 rings (SSSR count). The molecule has 0 aliphatic carbocycles. The van der Waals surface area contributed by atoms with E-state index in [9.17, 15) is 8.42 Å². The van der Waals surface area contributed by atoms with Crippen molar-refractivity contribution in [3.8, 4) is 11.1 Å². The van der Waals surface area contributed by atoms with Crippen molar-refractivity contribution in [1.29, 1.82) is 0 Å². The maximum atomic E-state index is 12.2. The first-order chi connectivity index (χ1) is 11.9. The molecule has 0 aliphatic rings. The van der Waals surface area contributed by atoms with Crippen molar-refractivity contribution in [2.45, 2.75) is 25.4 Å². The van der Waals surface area contributed by atoms with Crippen LogP contribution in [0.15, 0.2) is 47.9 Å². The highest BCUT2D eigenvalue weighted by Crippen LogP contribution is 2.26. The highest BCUT2D eigenvalue weighted by Gasteiger charge is 2.17. The summed E-state index contributed by atoms with van der Waals surface area (Å²) in [6.07, 6.45) is 2.93. The molecule has 8 heteroatoms. The molecule has 1 aromatic carbocycles. The third kappa shape index (κ3) is 3.64. The fourth-order valence-corrected chi connectivity index (χ4v) is 3.82. The molecule has 0 atom stereocenters. The summed E-state index contributed by atoms with van der Waals surface area (Å²) in [5.41, 5.74) is 4.14. The molecule has 2 aromatic heterocycles. The topological polar surface area (TPSA) is 81.8 Å². The summed E-state index contributed by atoms with van der Waals surface area (Å²) >= 11 is 0. The van der Waals surface area contributed by atoms with Crippen LogP contribution in [0.3, 0.4) is 0 Å². The van der Waals surface area contributed by atoms with Crippen LogP contribution in [0.1, 0.15) is 11.4 Å². The van der Waals surface area contributed by atoms with Gasteiger partial charge in [0.25, 0.3) is 10.0 Å². The van der Waals surface area contributed by atoms with E-state index in [2.05, 4.69) is 14.8 Å². The highest BCUT2D eigenvalue weighted by atomic mass is 32.2. The van der Waals surface area contributed by atoms with Crippen LogP contribution < -0.4 is 4.72 Å². The minimum Gasteiger partial charge on any atom is -0.339 e. The highest BCUT2D eigenvalue weighted by molar-refractivity contribution is 7.89. The van der Waals surface area contributed by atoms with Gasteiger partial charge in [-0.05, 0) is 19.4 Å². The maximum Gasteiger partial charge on any atom is 0.259 e. The zero-order valence-corrected chi connectivity index (χ0v) is 15.3. The predicted octanol–water partition coefficient (Wildman–Crippen LogP) is 1.88. The number of nitrogens with one attached hydrogen (secondary N) is 1. The molecule has 3 aromatic rings. The van der Waals surface area contributed by atoms with E-state index in [4.69, 9.17) is 0 Å². The van der Waals surface area contributed by atoms with Crippen LogP contribution in [0.25, 0.3) is 11.1 Å². The van der Waals surface area contributed by atoms with Crippen LogP contribution in [-0.4, -0.2) is 34.3 Å². The molecule has 0 fully saturated rings. The van der Waals surface area contributed by atoms with Crippen molar-refractivity contribution in [3.05, 3.63) is 54.2 Å². The van der Waals surface area contributed by atoms with Gasteiger partial charge in [0.2, 0.25) is 0 Å². The van der Waals surface area contributed by atoms with Gasteiger partial charge in [-0.2, -0.15) is 5.10 Å². The molecule has 0 saturated carbocycles. The average Bonchev–Trinajstić information content (AvgIpc) is 3.13. The lowest BCUT2D eigenvalue weighted by Crippen LogP contribution is -2.28. The molecule has 0 saturated heterocycles. The van der Waals surface area contributed by atoms with E-state index < -0.39 is 10.0 Å². The van der Waals surface area contributed by atoms with E-state index in [1.54, 1.807) is 11.6 Å². The summed E-state index contributed by atoms with van der Waals surface area (Å²) in [6.45, 7) is 4.65. The fourth-order valence-electron chi connectivity index (χ4n) is 2.82. The zero-order valence-electron chi connectivity index (χ0n) is 14.5. The van der Waals surface area contributed by atoms with E-state index in [0.29, 0.717) is 6.54 Å². The van der Waals surface area contributed by atoms with Gasteiger partial charge in [-0.15, -0.1) is 0 Å². The lowest BCUT2D eigenvalue weighted by Gasteiger charge is -2.07. The van der Waals surface area contributed by atoms with Crippen molar-refractivity contribution < 1.29 is 8.42 Å². The second-order valence-corrected chi connectivity index (χ2v) is 7.62. The molecule has 0 amide bonds. The van der Waals surface area contributed by atoms with Gasteiger partial charge in [-0.3, -0.25) is 4.68 Å². The molecule has 0 unspecified atom stereocenters. The molecule has 132 valence electrons. The van der Waals surface area contributed by atoms with Crippen molar-refractivity contribution >= 4 is 10.0 Å². The molecular formula is C17H21N5O2S. The van der Waals surface area contributed by atoms with Gasteiger partial charge >= 0.3 is 0 Å². The Morgan fingerprint density at radius 1 is 1.16 bits per heavy atom. The first-order valence-corrected chi connectivity index (χ1v) is 9.44. The van der Waals surface area contributed by atoms with Crippen LogP contribution in [0, 0.1) is 13.8 Å². The quantitative estimate of drug-likeness (QED) is 0.728. The number of aromatic nitrogens is 4. The largest absolute Gasteiger partial charge is 0.339 e. The maximum absolute atomic E-state index is 12.2. The smallest absolute Gasteiger partial charge is 0.259 e. The van der Waals surface area contributed by atoms with Crippen LogP contribution in [0.4, 0.5) is 0 Å². The molecule has 0 spiro atoms. The van der Waals surface area contributed by atoms with E-state index in [1.165, 1.54) is 12.5 Å². The Morgan fingerprint density at radius 2 is 1.88 bits per heavy atom. The van der Waals surface area contributed by atoms with Gasteiger partial charge in [0, 0.05) is 31.0 Å². The number of sulfonamides is 1. The van der Waals surface area contributed by atoms with E-state index in [0.717, 1.165) is 22.5 Å². The van der Waals surface area contributed by atoms with Crippen LogP contribution in [0.2, 0.25) is 0 Å². The number of hydrogen-bond acceptors (Lipinski definition) is 4. The Kier molecular flexibility index (Phi) is 4.73. The molecule has 0 radical (unpaired) electrons. The first kappa shape index (κ1) is 17.4. The van der Waals surface area contributed by atoms with Gasteiger partial charge in [0.1, 0.15) is 0 Å². The Hall–Kier alpha value is -2.45. The minimum atomic E-state index is -3.60. The van der Waals surface area contributed by atoms with Crippen molar-refractivity contribution in [1.82, 2.24) is 24.1 Å². The van der Waals surface area contributed by atoms with Gasteiger partial charge in [-0.1, -0.05) is 30.3 Å². The summed E-state index contributed by atoms with van der Waals surface area (Å²) in [5.74, 6) is 0. The molecule has 0 aliphatic heterocycles. The number of aryl methyl sites for hydroxylation is 2. The Labute approximate surface area is 147 Å². The molecule has 25 heavy (non-hydrogen) atoms. The number of benzene rings is 1. The van der Waals surface area contributed by atoms with Gasteiger partial charge in [-0.25, -0.2) is 18.1 Å². The van der Waals surface area contributed by atoms with Gasteiger partial charge in [0.05, 0.1) is 18.6 Å². The third-order valence-corrected chi connectivity index (χ3v) is 5.36. The minimum absolute atomic E-state index is 0.0216. The molecule has 7 nitrogen and oxygen atoms in total. The number of nitrogens with zero attached hydrogens (tertiary/aromatic N) is 4. The Balaban J connectivity index is 1.72. The van der Waals surface area contributed by atoms with Crippen LogP contribution >= 0.6 is 0 Å². The lowest BCUT2D eigenvalue weighted by molar-refractivity contribution is 0.552. The van der Waals surface area contributed by atoms with Crippen molar-refractivity contribution in [2.24, 2.45) is 7.05 Å². The number of hydrogen-bond donors (Lipinski definition) is 1. The summed E-state index contributed by atoms with van der Waals surface area (Å²) in [7, 11) is -1.87. The van der Waals surface area contributed by atoms with Crippen molar-refractivity contribution in [2.75, 3.05) is 6.54 Å². The normalized spacial score (nSPS) is 11.8. The average molecular weight is 359 g/mol. The summed E-state index contributed by atoms with van der Waals surface area (Å²) in [4.78, 5) is 3.88.